The van der Waals surface area contributed by atoms with Gasteiger partial charge in [0.2, 0.25) is 15.9 Å². The Morgan fingerprint density at radius 3 is 2.23 bits per heavy atom. The van der Waals surface area contributed by atoms with Gasteiger partial charge in [0.05, 0.1) is 11.8 Å². The van der Waals surface area contributed by atoms with E-state index in [1.54, 1.807) is 10.8 Å². The average Bonchev–Trinajstić information content (AvgIpc) is 2.53. The van der Waals surface area contributed by atoms with Crippen LogP contribution in [0.2, 0.25) is 0 Å². The number of benzene rings is 2. The highest BCUT2D eigenvalue weighted by Gasteiger charge is 2.14. The molecule has 2 amide bonds. The van der Waals surface area contributed by atoms with Crippen molar-refractivity contribution in [2.24, 2.45) is 0 Å². The summed E-state index contributed by atoms with van der Waals surface area (Å²) in [5, 5.41) is 2.39. The van der Waals surface area contributed by atoms with Crippen molar-refractivity contribution in [2.45, 2.75) is 13.3 Å². The summed E-state index contributed by atoms with van der Waals surface area (Å²) >= 11 is 0. The van der Waals surface area contributed by atoms with Crippen LogP contribution in [0.1, 0.15) is 22.3 Å². The second kappa shape index (κ2) is 8.09. The summed E-state index contributed by atoms with van der Waals surface area (Å²) < 4.78 is 37.8. The normalized spacial score (nSPS) is 11.0. The van der Waals surface area contributed by atoms with Gasteiger partial charge in [0.1, 0.15) is 5.82 Å². The first-order valence-corrected chi connectivity index (χ1v) is 9.70. The molecule has 0 unspecified atom stereocenters. The van der Waals surface area contributed by atoms with Crippen molar-refractivity contribution in [1.29, 1.82) is 0 Å². The van der Waals surface area contributed by atoms with Crippen LogP contribution < -0.4 is 10.0 Å². The van der Waals surface area contributed by atoms with Gasteiger partial charge in [0.15, 0.2) is 0 Å². The minimum Gasteiger partial charge on any atom is -0.351 e. The van der Waals surface area contributed by atoms with Gasteiger partial charge in [-0.2, -0.15) is 0 Å². The number of halogens is 1. The molecule has 2 aromatic carbocycles. The fraction of sp³-hybridized carbons (Fsp3) is 0.222. The molecule has 0 saturated carbocycles. The molecule has 0 fully saturated rings. The molecule has 0 bridgehead atoms. The lowest BCUT2D eigenvalue weighted by atomic mass is 10.0. The highest BCUT2D eigenvalue weighted by molar-refractivity contribution is 7.89. The van der Waals surface area contributed by atoms with Gasteiger partial charge >= 0.3 is 0 Å². The standard InChI is InChI=1S/C18H19FN2O4S/c1-12-3-5-13(6-4-12)14-7-8-15(16(19)11-14)18(23)20-10-9-17(22)21-26(2,24)25/h3-8,11H,9-10H2,1-2H3,(H,20,23)(H,21,22). The molecule has 2 rings (SSSR count). The monoisotopic (exact) mass is 378 g/mol. The van der Waals surface area contributed by atoms with Crippen LogP contribution in [0.15, 0.2) is 42.5 Å². The zero-order chi connectivity index (χ0) is 19.3. The van der Waals surface area contributed by atoms with Crippen LogP contribution in [0.3, 0.4) is 0 Å². The lowest BCUT2D eigenvalue weighted by Gasteiger charge is -2.08. The maximum absolute atomic E-state index is 14.3. The predicted molar refractivity (Wildman–Crippen MR) is 96.5 cm³/mol. The van der Waals surface area contributed by atoms with E-state index in [0.717, 1.165) is 17.4 Å². The maximum Gasteiger partial charge on any atom is 0.254 e. The second-order valence-corrected chi connectivity index (χ2v) is 7.61. The molecule has 0 atom stereocenters. The molecular formula is C18H19FN2O4S. The molecule has 2 aromatic rings. The Bertz CT molecular complexity index is 925. The molecule has 26 heavy (non-hydrogen) atoms. The van der Waals surface area contributed by atoms with Crippen molar-refractivity contribution >= 4 is 21.8 Å². The van der Waals surface area contributed by atoms with Crippen LogP contribution >= 0.6 is 0 Å². The van der Waals surface area contributed by atoms with Crippen LogP contribution in [0, 0.1) is 12.7 Å². The molecule has 0 aliphatic rings. The number of amides is 2. The minimum atomic E-state index is -3.64. The van der Waals surface area contributed by atoms with Gasteiger partial charge < -0.3 is 5.32 Å². The Morgan fingerprint density at radius 1 is 1.04 bits per heavy atom. The fourth-order valence-corrected chi connectivity index (χ4v) is 2.78. The van der Waals surface area contributed by atoms with Gasteiger partial charge in [-0.15, -0.1) is 0 Å². The fourth-order valence-electron chi connectivity index (χ4n) is 2.27. The first-order valence-electron chi connectivity index (χ1n) is 7.81. The largest absolute Gasteiger partial charge is 0.351 e. The van der Waals surface area contributed by atoms with E-state index in [-0.39, 0.29) is 18.5 Å². The van der Waals surface area contributed by atoms with E-state index in [1.807, 2.05) is 31.2 Å². The minimum absolute atomic E-state index is 0.112. The van der Waals surface area contributed by atoms with Gasteiger partial charge in [-0.1, -0.05) is 35.9 Å². The van der Waals surface area contributed by atoms with Gasteiger partial charge in [-0.3, -0.25) is 14.3 Å². The van der Waals surface area contributed by atoms with Crippen LogP contribution in [0.5, 0.6) is 0 Å². The number of nitrogens with one attached hydrogen (secondary N) is 2. The molecule has 0 aliphatic carbocycles. The summed E-state index contributed by atoms with van der Waals surface area (Å²) in [4.78, 5) is 23.4. The van der Waals surface area contributed by atoms with E-state index in [0.29, 0.717) is 5.56 Å². The molecule has 0 aromatic heterocycles. The van der Waals surface area contributed by atoms with Gasteiger partial charge in [0, 0.05) is 13.0 Å². The summed E-state index contributed by atoms with van der Waals surface area (Å²) in [6, 6.07) is 11.8. The van der Waals surface area contributed by atoms with Gasteiger partial charge in [-0.25, -0.2) is 12.8 Å². The van der Waals surface area contributed by atoms with Crippen molar-refractivity contribution in [3.05, 3.63) is 59.4 Å². The van der Waals surface area contributed by atoms with Crippen molar-refractivity contribution in [3.8, 4) is 11.1 Å². The van der Waals surface area contributed by atoms with E-state index in [9.17, 15) is 22.4 Å². The lowest BCUT2D eigenvalue weighted by molar-refractivity contribution is -0.119. The quantitative estimate of drug-likeness (QED) is 0.804. The highest BCUT2D eigenvalue weighted by atomic mass is 32.2. The van der Waals surface area contributed by atoms with Crippen LogP contribution in [0.4, 0.5) is 4.39 Å². The molecule has 0 radical (unpaired) electrons. The molecule has 8 heteroatoms. The molecular weight excluding hydrogens is 359 g/mol. The van der Waals surface area contributed by atoms with E-state index in [2.05, 4.69) is 5.32 Å². The summed E-state index contributed by atoms with van der Waals surface area (Å²) in [5.41, 5.74) is 2.42. The Balaban J connectivity index is 1.99. The van der Waals surface area contributed by atoms with Gasteiger partial charge in [-0.05, 0) is 30.2 Å². The summed E-state index contributed by atoms with van der Waals surface area (Å²) in [7, 11) is -3.64. The highest BCUT2D eigenvalue weighted by Crippen LogP contribution is 2.22. The first-order chi connectivity index (χ1) is 12.2. The van der Waals surface area contributed by atoms with Crippen LogP contribution in [0.25, 0.3) is 11.1 Å². The van der Waals surface area contributed by atoms with E-state index in [1.165, 1.54) is 12.1 Å². The zero-order valence-electron chi connectivity index (χ0n) is 14.4. The van der Waals surface area contributed by atoms with Crippen molar-refractivity contribution < 1.29 is 22.4 Å². The summed E-state index contributed by atoms with van der Waals surface area (Å²) in [5.74, 6) is -2.10. The number of aryl methyl sites for hydroxylation is 1. The third kappa shape index (κ3) is 5.66. The smallest absolute Gasteiger partial charge is 0.254 e. The van der Waals surface area contributed by atoms with E-state index in [4.69, 9.17) is 0 Å². The number of carbonyl (C=O) groups excluding carboxylic acids is 2. The molecule has 0 spiro atoms. The number of hydrogen-bond donors (Lipinski definition) is 2. The topological polar surface area (TPSA) is 92.3 Å². The second-order valence-electron chi connectivity index (χ2n) is 5.86. The molecule has 2 N–H and O–H groups in total. The Hall–Kier alpha value is -2.74. The predicted octanol–water partition coefficient (Wildman–Crippen LogP) is 2.00. The van der Waals surface area contributed by atoms with Crippen LogP contribution in [-0.2, 0) is 14.8 Å². The molecule has 138 valence electrons. The summed E-state index contributed by atoms with van der Waals surface area (Å²) in [6.45, 7) is 1.84. The first kappa shape index (κ1) is 19.6. The summed E-state index contributed by atoms with van der Waals surface area (Å²) in [6.07, 6.45) is 0.621. The maximum atomic E-state index is 14.3. The van der Waals surface area contributed by atoms with Gasteiger partial charge in [0.25, 0.3) is 5.91 Å². The molecule has 0 saturated heterocycles. The number of carbonyl (C=O) groups is 2. The molecule has 6 nitrogen and oxygen atoms in total. The SMILES string of the molecule is Cc1ccc(-c2ccc(C(=O)NCCC(=O)NS(C)(=O)=O)c(F)c2)cc1. The zero-order valence-corrected chi connectivity index (χ0v) is 15.2. The number of rotatable bonds is 6. The lowest BCUT2D eigenvalue weighted by Crippen LogP contribution is -2.33. The van der Waals surface area contributed by atoms with E-state index >= 15 is 0 Å². The number of sulfonamides is 1. The molecule has 0 aliphatic heterocycles. The third-order valence-electron chi connectivity index (χ3n) is 3.54. The Kier molecular flexibility index (Phi) is 6.10. The Labute approximate surface area is 151 Å². The third-order valence-corrected chi connectivity index (χ3v) is 4.13. The van der Waals surface area contributed by atoms with Crippen molar-refractivity contribution in [1.82, 2.24) is 10.0 Å². The average molecular weight is 378 g/mol. The van der Waals surface area contributed by atoms with Crippen molar-refractivity contribution in [2.75, 3.05) is 12.8 Å². The van der Waals surface area contributed by atoms with Crippen molar-refractivity contribution in [3.63, 3.8) is 0 Å². The number of hydrogen-bond acceptors (Lipinski definition) is 4. The molecule has 0 heterocycles. The Morgan fingerprint density at radius 2 is 1.65 bits per heavy atom. The van der Waals surface area contributed by atoms with E-state index < -0.39 is 27.7 Å². The van der Waals surface area contributed by atoms with Crippen LogP contribution in [-0.4, -0.2) is 33.0 Å².